The van der Waals surface area contributed by atoms with Crippen LogP contribution in [0.25, 0.3) is 0 Å². The van der Waals surface area contributed by atoms with E-state index >= 15 is 0 Å². The molecular formula is C15H23NO2. The third-order valence-corrected chi connectivity index (χ3v) is 3.07. The molecule has 1 rings (SSSR count). The Balaban J connectivity index is 2.25. The SMILES string of the molecule is CCCc1ccc(CNCCC(C)C(=O)O)cc1. The Hall–Kier alpha value is -1.35. The molecule has 0 aliphatic carbocycles. The highest BCUT2D eigenvalue weighted by Gasteiger charge is 2.09. The average Bonchev–Trinajstić information content (AvgIpc) is 2.36. The van der Waals surface area contributed by atoms with E-state index in [9.17, 15) is 4.79 Å². The number of hydrogen-bond donors (Lipinski definition) is 2. The molecule has 0 spiro atoms. The van der Waals surface area contributed by atoms with Crippen molar-refractivity contribution >= 4 is 5.97 Å². The lowest BCUT2D eigenvalue weighted by Crippen LogP contribution is -2.20. The van der Waals surface area contributed by atoms with Crippen LogP contribution in [-0.4, -0.2) is 17.6 Å². The highest BCUT2D eigenvalue weighted by Crippen LogP contribution is 2.07. The van der Waals surface area contributed by atoms with Crippen LogP contribution in [0, 0.1) is 5.92 Å². The fourth-order valence-corrected chi connectivity index (χ4v) is 1.79. The van der Waals surface area contributed by atoms with Gasteiger partial charge in [-0.2, -0.15) is 0 Å². The average molecular weight is 249 g/mol. The van der Waals surface area contributed by atoms with E-state index in [0.717, 1.165) is 19.5 Å². The number of carbonyl (C=O) groups is 1. The van der Waals surface area contributed by atoms with Gasteiger partial charge in [0, 0.05) is 6.54 Å². The number of rotatable bonds is 8. The van der Waals surface area contributed by atoms with Gasteiger partial charge in [-0.1, -0.05) is 44.5 Å². The Labute approximate surface area is 109 Å². The lowest BCUT2D eigenvalue weighted by molar-refractivity contribution is -0.141. The Morgan fingerprint density at radius 2 is 1.89 bits per heavy atom. The highest BCUT2D eigenvalue weighted by molar-refractivity contribution is 5.69. The van der Waals surface area contributed by atoms with Gasteiger partial charge in [0.25, 0.3) is 0 Å². The quantitative estimate of drug-likeness (QED) is 0.696. The van der Waals surface area contributed by atoms with E-state index in [1.54, 1.807) is 6.92 Å². The number of benzene rings is 1. The van der Waals surface area contributed by atoms with Crippen LogP contribution < -0.4 is 5.32 Å². The van der Waals surface area contributed by atoms with Crippen LogP contribution in [0.15, 0.2) is 24.3 Å². The predicted molar refractivity (Wildman–Crippen MR) is 73.6 cm³/mol. The molecule has 1 unspecified atom stereocenters. The van der Waals surface area contributed by atoms with Gasteiger partial charge in [0.15, 0.2) is 0 Å². The second-order valence-corrected chi connectivity index (χ2v) is 4.77. The zero-order chi connectivity index (χ0) is 13.4. The molecule has 0 aromatic heterocycles. The van der Waals surface area contributed by atoms with Crippen LogP contribution in [0.2, 0.25) is 0 Å². The van der Waals surface area contributed by atoms with Crippen LogP contribution in [0.4, 0.5) is 0 Å². The fraction of sp³-hybridized carbons (Fsp3) is 0.533. The number of nitrogens with one attached hydrogen (secondary N) is 1. The second-order valence-electron chi connectivity index (χ2n) is 4.77. The minimum Gasteiger partial charge on any atom is -0.481 e. The van der Waals surface area contributed by atoms with E-state index in [2.05, 4.69) is 36.5 Å². The maximum Gasteiger partial charge on any atom is 0.306 e. The Bertz CT molecular complexity index is 359. The summed E-state index contributed by atoms with van der Waals surface area (Å²) in [6.45, 7) is 5.46. The van der Waals surface area contributed by atoms with Gasteiger partial charge in [-0.05, 0) is 30.5 Å². The Morgan fingerprint density at radius 3 is 2.44 bits per heavy atom. The van der Waals surface area contributed by atoms with Gasteiger partial charge in [-0.3, -0.25) is 4.79 Å². The van der Waals surface area contributed by atoms with E-state index in [4.69, 9.17) is 5.11 Å². The van der Waals surface area contributed by atoms with Gasteiger partial charge in [0.1, 0.15) is 0 Å². The Kier molecular flexibility index (Phi) is 6.44. The molecule has 0 aliphatic heterocycles. The minimum atomic E-state index is -0.722. The topological polar surface area (TPSA) is 49.3 Å². The largest absolute Gasteiger partial charge is 0.481 e. The number of aliphatic carboxylic acids is 1. The van der Waals surface area contributed by atoms with Crippen molar-refractivity contribution < 1.29 is 9.90 Å². The van der Waals surface area contributed by atoms with E-state index < -0.39 is 5.97 Å². The maximum absolute atomic E-state index is 10.6. The molecule has 0 saturated carbocycles. The minimum absolute atomic E-state index is 0.274. The first kappa shape index (κ1) is 14.7. The summed E-state index contributed by atoms with van der Waals surface area (Å²) >= 11 is 0. The lowest BCUT2D eigenvalue weighted by atomic mass is 10.1. The van der Waals surface area contributed by atoms with Crippen molar-refractivity contribution in [2.75, 3.05) is 6.54 Å². The van der Waals surface area contributed by atoms with Gasteiger partial charge in [0.2, 0.25) is 0 Å². The molecule has 3 nitrogen and oxygen atoms in total. The molecule has 100 valence electrons. The summed E-state index contributed by atoms with van der Waals surface area (Å²) in [5.41, 5.74) is 2.62. The van der Waals surface area contributed by atoms with Gasteiger partial charge in [0.05, 0.1) is 5.92 Å². The zero-order valence-corrected chi connectivity index (χ0v) is 11.3. The highest BCUT2D eigenvalue weighted by atomic mass is 16.4. The molecule has 0 radical (unpaired) electrons. The second kappa shape index (κ2) is 7.88. The first-order chi connectivity index (χ1) is 8.63. The van der Waals surface area contributed by atoms with Crippen LogP contribution in [0.1, 0.15) is 37.8 Å². The van der Waals surface area contributed by atoms with Crippen molar-refractivity contribution in [2.45, 2.75) is 39.7 Å². The number of aryl methyl sites for hydroxylation is 1. The van der Waals surface area contributed by atoms with Gasteiger partial charge in [-0.15, -0.1) is 0 Å². The normalized spacial score (nSPS) is 12.3. The molecule has 2 N–H and O–H groups in total. The van der Waals surface area contributed by atoms with E-state index in [0.29, 0.717) is 6.42 Å². The molecule has 0 saturated heterocycles. The summed E-state index contributed by atoms with van der Waals surface area (Å²) in [6.07, 6.45) is 2.97. The van der Waals surface area contributed by atoms with Crippen molar-refractivity contribution in [3.8, 4) is 0 Å². The smallest absolute Gasteiger partial charge is 0.306 e. The van der Waals surface area contributed by atoms with E-state index in [1.807, 2.05) is 0 Å². The van der Waals surface area contributed by atoms with Crippen molar-refractivity contribution in [2.24, 2.45) is 5.92 Å². The first-order valence-corrected chi connectivity index (χ1v) is 6.64. The summed E-state index contributed by atoms with van der Waals surface area (Å²) in [7, 11) is 0. The summed E-state index contributed by atoms with van der Waals surface area (Å²) in [6, 6.07) is 8.61. The van der Waals surface area contributed by atoms with Crippen molar-refractivity contribution in [3.05, 3.63) is 35.4 Å². The van der Waals surface area contributed by atoms with Gasteiger partial charge in [-0.25, -0.2) is 0 Å². The monoisotopic (exact) mass is 249 g/mol. The summed E-state index contributed by atoms with van der Waals surface area (Å²) < 4.78 is 0. The third kappa shape index (κ3) is 5.32. The van der Waals surface area contributed by atoms with E-state index in [-0.39, 0.29) is 5.92 Å². The molecule has 18 heavy (non-hydrogen) atoms. The fourth-order valence-electron chi connectivity index (χ4n) is 1.79. The van der Waals surface area contributed by atoms with Crippen molar-refractivity contribution in [1.29, 1.82) is 0 Å². The van der Waals surface area contributed by atoms with Crippen LogP contribution >= 0.6 is 0 Å². The standard InChI is InChI=1S/C15H23NO2/c1-3-4-13-5-7-14(8-6-13)11-16-10-9-12(2)15(17)18/h5-8,12,16H,3-4,9-11H2,1-2H3,(H,17,18). The summed E-state index contributed by atoms with van der Waals surface area (Å²) in [4.78, 5) is 10.6. The molecule has 0 fully saturated rings. The molecular weight excluding hydrogens is 226 g/mol. The van der Waals surface area contributed by atoms with Crippen LogP contribution in [0.3, 0.4) is 0 Å². The summed E-state index contributed by atoms with van der Waals surface area (Å²) in [5, 5.41) is 12.0. The number of carboxylic acids is 1. The molecule has 1 aromatic rings. The van der Waals surface area contributed by atoms with Gasteiger partial charge >= 0.3 is 5.97 Å². The number of carboxylic acid groups (broad SMARTS) is 1. The Morgan fingerprint density at radius 1 is 1.28 bits per heavy atom. The maximum atomic E-state index is 10.6. The van der Waals surface area contributed by atoms with Gasteiger partial charge < -0.3 is 10.4 Å². The zero-order valence-electron chi connectivity index (χ0n) is 11.3. The van der Waals surface area contributed by atoms with Crippen LogP contribution in [-0.2, 0) is 17.8 Å². The molecule has 1 atom stereocenters. The molecule has 0 bridgehead atoms. The number of hydrogen-bond acceptors (Lipinski definition) is 2. The van der Waals surface area contributed by atoms with Crippen molar-refractivity contribution in [1.82, 2.24) is 5.32 Å². The van der Waals surface area contributed by atoms with Crippen molar-refractivity contribution in [3.63, 3.8) is 0 Å². The molecule has 0 aliphatic rings. The molecule has 0 heterocycles. The van der Waals surface area contributed by atoms with Crippen LogP contribution in [0.5, 0.6) is 0 Å². The first-order valence-electron chi connectivity index (χ1n) is 6.64. The predicted octanol–water partition coefficient (Wildman–Crippen LogP) is 2.84. The lowest BCUT2D eigenvalue weighted by Gasteiger charge is -2.08. The van der Waals surface area contributed by atoms with E-state index in [1.165, 1.54) is 17.5 Å². The third-order valence-electron chi connectivity index (χ3n) is 3.07. The molecule has 3 heteroatoms. The molecule has 1 aromatic carbocycles. The summed E-state index contributed by atoms with van der Waals surface area (Å²) in [5.74, 6) is -0.995. The molecule has 0 amide bonds.